The van der Waals surface area contributed by atoms with Gasteiger partial charge in [-0.15, -0.1) is 0 Å². The highest BCUT2D eigenvalue weighted by molar-refractivity contribution is 5.94. The van der Waals surface area contributed by atoms with Gasteiger partial charge >= 0.3 is 0 Å². The molecular formula is C13H18N2O3. The maximum atomic E-state index is 11.8. The van der Waals surface area contributed by atoms with Crippen LogP contribution in [0, 0.1) is 0 Å². The topological polar surface area (TPSA) is 73.6 Å². The minimum absolute atomic E-state index is 0.0940. The molecule has 0 saturated carbocycles. The molecule has 1 aromatic rings. The van der Waals surface area contributed by atoms with Gasteiger partial charge in [0.1, 0.15) is 18.5 Å². The number of nitrogens with one attached hydrogen (secondary N) is 1. The molecule has 1 fully saturated rings. The van der Waals surface area contributed by atoms with E-state index in [9.17, 15) is 4.79 Å². The maximum Gasteiger partial charge on any atom is 0.253 e. The van der Waals surface area contributed by atoms with Crippen molar-refractivity contribution in [3.05, 3.63) is 24.3 Å². The highest BCUT2D eigenvalue weighted by atomic mass is 16.5. The quantitative estimate of drug-likeness (QED) is 0.822. The summed E-state index contributed by atoms with van der Waals surface area (Å²) in [5.74, 6) is 0.606. The summed E-state index contributed by atoms with van der Waals surface area (Å²) in [6, 6.07) is 7.26. The van der Waals surface area contributed by atoms with E-state index in [1.54, 1.807) is 6.07 Å². The number of hydrogen-bond donors (Lipinski definition) is 2. The normalized spacial score (nSPS) is 18.6. The number of hydrogen-bond acceptors (Lipinski definition) is 4. The summed E-state index contributed by atoms with van der Waals surface area (Å²) in [7, 11) is 0. The monoisotopic (exact) mass is 250 g/mol. The number of rotatable bonds is 5. The molecule has 1 amide bonds. The van der Waals surface area contributed by atoms with Crippen LogP contribution in [0.1, 0.15) is 12.8 Å². The van der Waals surface area contributed by atoms with Crippen molar-refractivity contribution in [3.8, 4) is 5.75 Å². The average molecular weight is 250 g/mol. The zero-order valence-corrected chi connectivity index (χ0v) is 10.2. The van der Waals surface area contributed by atoms with Crippen molar-refractivity contribution in [1.29, 1.82) is 0 Å². The third-order valence-corrected chi connectivity index (χ3v) is 2.71. The van der Waals surface area contributed by atoms with Crippen LogP contribution in [0.25, 0.3) is 0 Å². The molecule has 0 unspecified atom stereocenters. The van der Waals surface area contributed by atoms with E-state index in [2.05, 4.69) is 5.32 Å². The van der Waals surface area contributed by atoms with Gasteiger partial charge in [-0.1, -0.05) is 6.07 Å². The molecule has 0 bridgehead atoms. The van der Waals surface area contributed by atoms with Crippen LogP contribution in [0.5, 0.6) is 5.75 Å². The molecule has 98 valence electrons. The lowest BCUT2D eigenvalue weighted by atomic mass is 10.2. The molecule has 0 spiro atoms. The Bertz CT molecular complexity index is 403. The van der Waals surface area contributed by atoms with Gasteiger partial charge in [-0.05, 0) is 25.0 Å². The summed E-state index contributed by atoms with van der Waals surface area (Å²) in [4.78, 5) is 11.8. The minimum atomic E-state index is -0.321. The van der Waals surface area contributed by atoms with Crippen molar-refractivity contribution in [2.75, 3.05) is 25.1 Å². The average Bonchev–Trinajstić information content (AvgIpc) is 2.91. The molecule has 1 saturated heterocycles. The summed E-state index contributed by atoms with van der Waals surface area (Å²) in [5, 5.41) is 2.83. The van der Waals surface area contributed by atoms with Crippen LogP contribution in [-0.2, 0) is 9.53 Å². The first-order chi connectivity index (χ1) is 8.79. The fourth-order valence-corrected chi connectivity index (χ4v) is 1.85. The third-order valence-electron chi connectivity index (χ3n) is 2.71. The molecule has 3 N–H and O–H groups in total. The van der Waals surface area contributed by atoms with Gasteiger partial charge in [0.15, 0.2) is 0 Å². The molecule has 0 aliphatic carbocycles. The molecule has 5 heteroatoms. The first-order valence-corrected chi connectivity index (χ1v) is 6.15. The molecule has 0 radical (unpaired) electrons. The zero-order valence-electron chi connectivity index (χ0n) is 10.2. The van der Waals surface area contributed by atoms with Crippen LogP contribution >= 0.6 is 0 Å². The van der Waals surface area contributed by atoms with E-state index in [1.165, 1.54) is 0 Å². The Hall–Kier alpha value is -1.59. The van der Waals surface area contributed by atoms with Crippen LogP contribution in [0.15, 0.2) is 24.3 Å². The van der Waals surface area contributed by atoms with Crippen molar-refractivity contribution in [2.24, 2.45) is 5.73 Å². The Morgan fingerprint density at radius 1 is 1.56 bits per heavy atom. The molecule has 18 heavy (non-hydrogen) atoms. The number of ether oxygens (including phenoxy) is 2. The molecular weight excluding hydrogens is 232 g/mol. The van der Waals surface area contributed by atoms with E-state index < -0.39 is 0 Å². The van der Waals surface area contributed by atoms with Crippen molar-refractivity contribution in [2.45, 2.75) is 18.9 Å². The van der Waals surface area contributed by atoms with Gasteiger partial charge in [-0.3, -0.25) is 4.79 Å². The second-order valence-electron chi connectivity index (χ2n) is 4.16. The van der Waals surface area contributed by atoms with E-state index in [-0.39, 0.29) is 12.0 Å². The van der Waals surface area contributed by atoms with E-state index >= 15 is 0 Å². The molecule has 0 aromatic heterocycles. The Morgan fingerprint density at radius 2 is 2.44 bits per heavy atom. The van der Waals surface area contributed by atoms with E-state index in [0.717, 1.165) is 12.8 Å². The van der Waals surface area contributed by atoms with Crippen LogP contribution in [0.2, 0.25) is 0 Å². The Balaban J connectivity index is 1.93. The standard InChI is InChI=1S/C13H18N2O3/c14-6-8-17-11-4-1-3-10(9-11)15-13(16)12-5-2-7-18-12/h1,3-4,9,12H,2,5-8,14H2,(H,15,16)/t12-/m0/s1. The fraction of sp³-hybridized carbons (Fsp3) is 0.462. The van der Waals surface area contributed by atoms with Gasteiger partial charge in [0, 0.05) is 24.9 Å². The lowest BCUT2D eigenvalue weighted by Gasteiger charge is -2.11. The molecule has 1 aromatic carbocycles. The second kappa shape index (κ2) is 6.37. The third kappa shape index (κ3) is 3.45. The van der Waals surface area contributed by atoms with Gasteiger partial charge < -0.3 is 20.5 Å². The lowest BCUT2D eigenvalue weighted by molar-refractivity contribution is -0.124. The van der Waals surface area contributed by atoms with Gasteiger partial charge in [-0.25, -0.2) is 0 Å². The second-order valence-corrected chi connectivity index (χ2v) is 4.16. The summed E-state index contributed by atoms with van der Waals surface area (Å²) in [6.45, 7) is 1.59. The maximum absolute atomic E-state index is 11.8. The van der Waals surface area contributed by atoms with Crippen molar-refractivity contribution < 1.29 is 14.3 Å². The van der Waals surface area contributed by atoms with Crippen LogP contribution in [0.4, 0.5) is 5.69 Å². The summed E-state index contributed by atoms with van der Waals surface area (Å²) in [6.07, 6.45) is 1.41. The summed E-state index contributed by atoms with van der Waals surface area (Å²) in [5.41, 5.74) is 6.08. The van der Waals surface area contributed by atoms with Crippen LogP contribution < -0.4 is 15.8 Å². The number of amides is 1. The predicted octanol–water partition coefficient (Wildman–Crippen LogP) is 1.14. The van der Waals surface area contributed by atoms with Gasteiger partial charge in [0.05, 0.1) is 0 Å². The van der Waals surface area contributed by atoms with Gasteiger partial charge in [-0.2, -0.15) is 0 Å². The number of anilines is 1. The molecule has 1 atom stereocenters. The number of carbonyl (C=O) groups is 1. The highest BCUT2D eigenvalue weighted by Gasteiger charge is 2.23. The molecule has 1 aliphatic rings. The van der Waals surface area contributed by atoms with E-state index in [4.69, 9.17) is 15.2 Å². The molecule has 5 nitrogen and oxygen atoms in total. The summed E-state index contributed by atoms with van der Waals surface area (Å²) < 4.78 is 10.7. The SMILES string of the molecule is NCCOc1cccc(NC(=O)[C@@H]2CCCO2)c1. The predicted molar refractivity (Wildman–Crippen MR) is 68.6 cm³/mol. The molecule has 1 heterocycles. The van der Waals surface area contributed by atoms with Gasteiger partial charge in [0.25, 0.3) is 5.91 Å². The molecule has 2 rings (SSSR count). The largest absolute Gasteiger partial charge is 0.492 e. The van der Waals surface area contributed by atoms with Crippen molar-refractivity contribution in [3.63, 3.8) is 0 Å². The van der Waals surface area contributed by atoms with Gasteiger partial charge in [0.2, 0.25) is 0 Å². The van der Waals surface area contributed by atoms with Crippen molar-refractivity contribution >= 4 is 11.6 Å². The Kier molecular flexibility index (Phi) is 4.55. The Labute approximate surface area is 106 Å². The first kappa shape index (κ1) is 12.9. The van der Waals surface area contributed by atoms with E-state index in [1.807, 2.05) is 18.2 Å². The number of benzene rings is 1. The minimum Gasteiger partial charge on any atom is -0.492 e. The van der Waals surface area contributed by atoms with Crippen molar-refractivity contribution in [1.82, 2.24) is 0 Å². The lowest BCUT2D eigenvalue weighted by Crippen LogP contribution is -2.26. The summed E-state index contributed by atoms with van der Waals surface area (Å²) >= 11 is 0. The van der Waals surface area contributed by atoms with E-state index in [0.29, 0.717) is 31.2 Å². The first-order valence-electron chi connectivity index (χ1n) is 6.15. The Morgan fingerprint density at radius 3 is 3.17 bits per heavy atom. The molecule has 1 aliphatic heterocycles. The fourth-order valence-electron chi connectivity index (χ4n) is 1.85. The number of carbonyl (C=O) groups excluding carboxylic acids is 1. The highest BCUT2D eigenvalue weighted by Crippen LogP contribution is 2.19. The van der Waals surface area contributed by atoms with Crippen LogP contribution in [0.3, 0.4) is 0 Å². The smallest absolute Gasteiger partial charge is 0.253 e. The number of nitrogens with two attached hydrogens (primary N) is 1. The van der Waals surface area contributed by atoms with Crippen LogP contribution in [-0.4, -0.2) is 31.8 Å². The zero-order chi connectivity index (χ0) is 12.8.